The average Bonchev–Trinajstić information content (AvgIpc) is 3.03. The number of hydrogen-bond donors (Lipinski definition) is 1. The molecule has 2 aromatic carbocycles. The normalized spacial score (nSPS) is 18.5. The van der Waals surface area contributed by atoms with Gasteiger partial charge in [0.2, 0.25) is 11.8 Å². The van der Waals surface area contributed by atoms with Gasteiger partial charge >= 0.3 is 0 Å². The Hall–Kier alpha value is -3.66. The van der Waals surface area contributed by atoms with Crippen molar-refractivity contribution in [3.8, 4) is 11.8 Å². The number of amides is 3. The van der Waals surface area contributed by atoms with Gasteiger partial charge in [-0.2, -0.15) is 5.26 Å². The Morgan fingerprint density at radius 1 is 1.18 bits per heavy atom. The Balaban J connectivity index is 1.62. The molecule has 1 unspecified atom stereocenters. The molecule has 4 rings (SSSR count). The van der Waals surface area contributed by atoms with Crippen LogP contribution in [0.3, 0.4) is 0 Å². The van der Waals surface area contributed by atoms with Crippen LogP contribution in [0, 0.1) is 11.3 Å². The van der Waals surface area contributed by atoms with Gasteiger partial charge in [-0.3, -0.25) is 19.7 Å². The zero-order valence-corrected chi connectivity index (χ0v) is 15.0. The third-order valence-corrected chi connectivity index (χ3v) is 4.98. The van der Waals surface area contributed by atoms with Gasteiger partial charge in [0.05, 0.1) is 18.2 Å². The maximum atomic E-state index is 12.9. The van der Waals surface area contributed by atoms with Gasteiger partial charge in [0.25, 0.3) is 5.91 Å². The van der Waals surface area contributed by atoms with E-state index in [-0.39, 0.29) is 31.2 Å². The van der Waals surface area contributed by atoms with Crippen LogP contribution in [-0.4, -0.2) is 28.7 Å². The molecular formula is C21H17N3O4. The molecule has 7 heteroatoms. The third kappa shape index (κ3) is 3.21. The van der Waals surface area contributed by atoms with Crippen LogP contribution in [0.4, 0.5) is 0 Å². The summed E-state index contributed by atoms with van der Waals surface area (Å²) in [7, 11) is 0. The molecule has 28 heavy (non-hydrogen) atoms. The minimum absolute atomic E-state index is 0.192. The molecule has 1 N–H and O–H groups in total. The molecule has 2 aromatic rings. The fourth-order valence-corrected chi connectivity index (χ4v) is 3.56. The first-order valence-electron chi connectivity index (χ1n) is 8.95. The van der Waals surface area contributed by atoms with E-state index in [1.54, 1.807) is 6.07 Å². The first-order chi connectivity index (χ1) is 13.6. The lowest BCUT2D eigenvalue weighted by Gasteiger charge is -2.29. The van der Waals surface area contributed by atoms with Crippen LogP contribution in [0.15, 0.2) is 42.5 Å². The second kappa shape index (κ2) is 7.16. The van der Waals surface area contributed by atoms with Crippen molar-refractivity contribution in [1.29, 1.82) is 5.26 Å². The summed E-state index contributed by atoms with van der Waals surface area (Å²) in [6.45, 7) is 0.505. The van der Waals surface area contributed by atoms with Crippen molar-refractivity contribution in [3.63, 3.8) is 0 Å². The quantitative estimate of drug-likeness (QED) is 0.823. The molecule has 0 bridgehead atoms. The molecule has 7 nitrogen and oxygen atoms in total. The highest BCUT2D eigenvalue weighted by atomic mass is 16.5. The van der Waals surface area contributed by atoms with Crippen LogP contribution in [0.5, 0.6) is 5.75 Å². The van der Waals surface area contributed by atoms with E-state index < -0.39 is 11.9 Å². The van der Waals surface area contributed by atoms with E-state index in [1.165, 1.54) is 11.0 Å². The highest BCUT2D eigenvalue weighted by Gasteiger charge is 2.40. The highest BCUT2D eigenvalue weighted by Crippen LogP contribution is 2.35. The van der Waals surface area contributed by atoms with Crippen molar-refractivity contribution >= 4 is 17.7 Å². The molecule has 140 valence electrons. The summed E-state index contributed by atoms with van der Waals surface area (Å²) in [6, 6.07) is 14.1. The van der Waals surface area contributed by atoms with Crippen LogP contribution in [-0.2, 0) is 22.7 Å². The number of imide groups is 1. The molecule has 0 spiro atoms. The predicted octanol–water partition coefficient (Wildman–Crippen LogP) is 1.90. The van der Waals surface area contributed by atoms with Gasteiger partial charge < -0.3 is 9.64 Å². The van der Waals surface area contributed by atoms with Crippen molar-refractivity contribution in [1.82, 2.24) is 10.2 Å². The smallest absolute Gasteiger partial charge is 0.255 e. The van der Waals surface area contributed by atoms with Crippen molar-refractivity contribution in [2.75, 3.05) is 0 Å². The number of fused-ring (bicyclic) bond motifs is 1. The lowest BCUT2D eigenvalue weighted by atomic mass is 10.0. The molecular weight excluding hydrogens is 358 g/mol. The summed E-state index contributed by atoms with van der Waals surface area (Å²) in [5.41, 5.74) is 2.31. The van der Waals surface area contributed by atoms with E-state index in [4.69, 9.17) is 4.74 Å². The topological polar surface area (TPSA) is 99.5 Å². The highest BCUT2D eigenvalue weighted by molar-refractivity contribution is 6.05. The van der Waals surface area contributed by atoms with Crippen molar-refractivity contribution in [2.45, 2.75) is 32.0 Å². The molecule has 0 aromatic heterocycles. The van der Waals surface area contributed by atoms with Gasteiger partial charge in [0.1, 0.15) is 18.4 Å². The standard InChI is InChI=1S/C21H17N3O4/c22-10-14-8-15-16(18(9-14)28-12-13-4-2-1-3-5-13)11-24(21(15)27)17-6-7-19(25)23-20(17)26/h1-5,8-9,17H,6-7,11-12H2,(H,23,25,26). The fourth-order valence-electron chi connectivity index (χ4n) is 3.56. The molecule has 0 saturated carbocycles. The van der Waals surface area contributed by atoms with Gasteiger partial charge in [0, 0.05) is 17.5 Å². The van der Waals surface area contributed by atoms with Crippen LogP contribution < -0.4 is 10.1 Å². The molecule has 0 radical (unpaired) electrons. The molecule has 1 saturated heterocycles. The number of piperidine rings is 1. The molecule has 1 atom stereocenters. The molecule has 1 fully saturated rings. The Morgan fingerprint density at radius 2 is 1.96 bits per heavy atom. The number of hydrogen-bond acceptors (Lipinski definition) is 5. The van der Waals surface area contributed by atoms with Crippen LogP contribution in [0.2, 0.25) is 0 Å². The summed E-state index contributed by atoms with van der Waals surface area (Å²) in [6.07, 6.45) is 0.479. The first-order valence-corrected chi connectivity index (χ1v) is 8.95. The summed E-state index contributed by atoms with van der Waals surface area (Å²) in [5.74, 6) is -0.666. The van der Waals surface area contributed by atoms with Gasteiger partial charge in [-0.05, 0) is 24.1 Å². The van der Waals surface area contributed by atoms with E-state index in [1.807, 2.05) is 30.3 Å². The van der Waals surface area contributed by atoms with Crippen molar-refractivity contribution < 1.29 is 19.1 Å². The van der Waals surface area contributed by atoms with Gasteiger partial charge in [-0.15, -0.1) is 0 Å². The summed E-state index contributed by atoms with van der Waals surface area (Å²) < 4.78 is 5.92. The zero-order chi connectivity index (χ0) is 19.7. The van der Waals surface area contributed by atoms with E-state index in [2.05, 4.69) is 11.4 Å². The Bertz CT molecular complexity index is 1010. The summed E-state index contributed by atoms with van der Waals surface area (Å²) >= 11 is 0. The van der Waals surface area contributed by atoms with E-state index in [9.17, 15) is 19.6 Å². The predicted molar refractivity (Wildman–Crippen MR) is 98.0 cm³/mol. The Kier molecular flexibility index (Phi) is 4.53. The first kappa shape index (κ1) is 17.7. The number of nitrogens with zero attached hydrogens (tertiary/aromatic N) is 2. The lowest BCUT2D eigenvalue weighted by molar-refractivity contribution is -0.136. The largest absolute Gasteiger partial charge is 0.488 e. The van der Waals surface area contributed by atoms with Gasteiger partial charge in [0.15, 0.2) is 0 Å². The molecule has 2 aliphatic heterocycles. The van der Waals surface area contributed by atoms with Crippen LogP contribution >= 0.6 is 0 Å². The molecule has 2 heterocycles. The minimum atomic E-state index is -0.704. The summed E-state index contributed by atoms with van der Waals surface area (Å²) in [4.78, 5) is 38.0. The second-order valence-corrected chi connectivity index (χ2v) is 6.79. The fraction of sp³-hybridized carbons (Fsp3) is 0.238. The average molecular weight is 375 g/mol. The van der Waals surface area contributed by atoms with Crippen molar-refractivity contribution in [2.24, 2.45) is 0 Å². The number of benzene rings is 2. The van der Waals surface area contributed by atoms with Gasteiger partial charge in [-0.1, -0.05) is 30.3 Å². The van der Waals surface area contributed by atoms with E-state index >= 15 is 0 Å². The van der Waals surface area contributed by atoms with E-state index in [0.29, 0.717) is 29.0 Å². The number of carbonyl (C=O) groups excluding carboxylic acids is 3. The summed E-state index contributed by atoms with van der Waals surface area (Å²) in [5, 5.41) is 11.6. The van der Waals surface area contributed by atoms with Gasteiger partial charge in [-0.25, -0.2) is 0 Å². The Labute approximate surface area is 161 Å². The number of ether oxygens (including phenoxy) is 1. The monoisotopic (exact) mass is 375 g/mol. The van der Waals surface area contributed by atoms with Crippen molar-refractivity contribution in [3.05, 3.63) is 64.7 Å². The number of carbonyl (C=O) groups is 3. The maximum absolute atomic E-state index is 12.9. The third-order valence-electron chi connectivity index (χ3n) is 4.98. The lowest BCUT2D eigenvalue weighted by Crippen LogP contribution is -2.52. The second-order valence-electron chi connectivity index (χ2n) is 6.79. The van der Waals surface area contributed by atoms with E-state index in [0.717, 1.165) is 5.56 Å². The van der Waals surface area contributed by atoms with Crippen LogP contribution in [0.1, 0.15) is 39.9 Å². The minimum Gasteiger partial charge on any atom is -0.488 e. The molecule has 3 amide bonds. The maximum Gasteiger partial charge on any atom is 0.255 e. The van der Waals surface area contributed by atoms with Crippen LogP contribution in [0.25, 0.3) is 0 Å². The molecule has 2 aliphatic rings. The Morgan fingerprint density at radius 3 is 2.68 bits per heavy atom. The molecule has 0 aliphatic carbocycles. The number of rotatable bonds is 4. The number of nitrogens with one attached hydrogen (secondary N) is 1. The SMILES string of the molecule is N#Cc1cc(OCc2ccccc2)c2c(c1)C(=O)N(C1CCC(=O)NC1=O)C2. The number of nitriles is 1. The zero-order valence-electron chi connectivity index (χ0n) is 15.0.